The molecule has 68 valence electrons. The molecule has 0 aliphatic rings. The van der Waals surface area contributed by atoms with E-state index in [2.05, 4.69) is 0 Å². The van der Waals surface area contributed by atoms with Gasteiger partial charge in [0.15, 0.2) is 0 Å². The maximum absolute atomic E-state index is 5.52. The molecule has 0 fully saturated rings. The van der Waals surface area contributed by atoms with Gasteiger partial charge in [0, 0.05) is 18.3 Å². The van der Waals surface area contributed by atoms with Crippen molar-refractivity contribution in [1.29, 1.82) is 0 Å². The summed E-state index contributed by atoms with van der Waals surface area (Å²) in [7, 11) is 0. The first-order valence-corrected chi connectivity index (χ1v) is 3.51. The highest BCUT2D eigenvalue weighted by atomic mass is 35.5. The third kappa shape index (κ3) is 3.46. The lowest BCUT2D eigenvalue weighted by molar-refractivity contribution is 0.328. The Morgan fingerprint density at radius 1 is 1.33 bits per heavy atom. The standard InChI is InChI=1S/C8H12N2O.ClH/c9-4-5-11-8-3-1-2-7(10)6-8;/h1-3,6H,4-5,9-10H2;1H. The summed E-state index contributed by atoms with van der Waals surface area (Å²) in [4.78, 5) is 0. The van der Waals surface area contributed by atoms with E-state index in [1.54, 1.807) is 6.07 Å². The molecule has 4 N–H and O–H groups in total. The lowest BCUT2D eigenvalue weighted by Crippen LogP contribution is -2.10. The summed E-state index contributed by atoms with van der Waals surface area (Å²) < 4.78 is 5.23. The largest absolute Gasteiger partial charge is 0.492 e. The van der Waals surface area contributed by atoms with Gasteiger partial charge >= 0.3 is 0 Å². The molecule has 0 unspecified atom stereocenters. The summed E-state index contributed by atoms with van der Waals surface area (Å²) in [5, 5.41) is 0. The van der Waals surface area contributed by atoms with Crippen LogP contribution in [-0.4, -0.2) is 13.2 Å². The maximum atomic E-state index is 5.52. The molecular weight excluding hydrogens is 176 g/mol. The van der Waals surface area contributed by atoms with E-state index in [1.807, 2.05) is 18.2 Å². The Balaban J connectivity index is 0.00000121. The number of hydrogen-bond acceptors (Lipinski definition) is 3. The van der Waals surface area contributed by atoms with Crippen molar-refractivity contribution < 1.29 is 4.74 Å². The van der Waals surface area contributed by atoms with Crippen LogP contribution in [0.15, 0.2) is 24.3 Å². The lowest BCUT2D eigenvalue weighted by atomic mass is 10.3. The summed E-state index contributed by atoms with van der Waals surface area (Å²) >= 11 is 0. The Kier molecular flexibility index (Phi) is 5.25. The van der Waals surface area contributed by atoms with Gasteiger partial charge in [-0.3, -0.25) is 0 Å². The van der Waals surface area contributed by atoms with E-state index in [1.165, 1.54) is 0 Å². The molecule has 0 bridgehead atoms. The fraction of sp³-hybridized carbons (Fsp3) is 0.250. The first-order chi connectivity index (χ1) is 5.33. The molecule has 0 saturated heterocycles. The Morgan fingerprint density at radius 3 is 2.67 bits per heavy atom. The normalized spacial score (nSPS) is 8.75. The Morgan fingerprint density at radius 2 is 2.08 bits per heavy atom. The van der Waals surface area contributed by atoms with Gasteiger partial charge in [0.25, 0.3) is 0 Å². The second-order valence-electron chi connectivity index (χ2n) is 2.21. The molecule has 0 amide bonds. The van der Waals surface area contributed by atoms with Crippen LogP contribution in [0.3, 0.4) is 0 Å². The van der Waals surface area contributed by atoms with Crippen LogP contribution in [0.2, 0.25) is 0 Å². The number of nitrogen functional groups attached to an aromatic ring is 1. The van der Waals surface area contributed by atoms with E-state index in [4.69, 9.17) is 16.2 Å². The van der Waals surface area contributed by atoms with Crippen molar-refractivity contribution >= 4 is 18.1 Å². The Bertz CT molecular complexity index is 230. The van der Waals surface area contributed by atoms with Crippen LogP contribution < -0.4 is 16.2 Å². The minimum atomic E-state index is 0. The molecule has 0 saturated carbocycles. The summed E-state index contributed by atoms with van der Waals surface area (Å²) in [6.45, 7) is 1.05. The van der Waals surface area contributed by atoms with E-state index < -0.39 is 0 Å². The van der Waals surface area contributed by atoms with E-state index >= 15 is 0 Å². The van der Waals surface area contributed by atoms with Crippen molar-refractivity contribution in [2.24, 2.45) is 5.73 Å². The first-order valence-electron chi connectivity index (χ1n) is 3.51. The van der Waals surface area contributed by atoms with Crippen LogP contribution in [0.25, 0.3) is 0 Å². The summed E-state index contributed by atoms with van der Waals surface area (Å²) in [5.74, 6) is 0.774. The number of nitrogens with two attached hydrogens (primary N) is 2. The number of anilines is 1. The first kappa shape index (κ1) is 11.1. The van der Waals surface area contributed by atoms with Crippen LogP contribution in [-0.2, 0) is 0 Å². The molecule has 12 heavy (non-hydrogen) atoms. The van der Waals surface area contributed by atoms with Gasteiger partial charge in [-0.25, -0.2) is 0 Å². The SMILES string of the molecule is Cl.NCCOc1cccc(N)c1. The van der Waals surface area contributed by atoms with Gasteiger partial charge in [0.05, 0.1) is 0 Å². The van der Waals surface area contributed by atoms with Crippen molar-refractivity contribution in [3.05, 3.63) is 24.3 Å². The fourth-order valence-electron chi connectivity index (χ4n) is 0.781. The highest BCUT2D eigenvalue weighted by Crippen LogP contribution is 2.13. The van der Waals surface area contributed by atoms with Gasteiger partial charge in [0.2, 0.25) is 0 Å². The molecular formula is C8H13ClN2O. The van der Waals surface area contributed by atoms with Crippen molar-refractivity contribution in [3.8, 4) is 5.75 Å². The molecule has 3 nitrogen and oxygen atoms in total. The van der Waals surface area contributed by atoms with Crippen LogP contribution in [0.4, 0.5) is 5.69 Å². The smallest absolute Gasteiger partial charge is 0.121 e. The highest BCUT2D eigenvalue weighted by Gasteiger charge is 1.91. The summed E-state index contributed by atoms with van der Waals surface area (Å²) in [6, 6.07) is 7.29. The van der Waals surface area contributed by atoms with Crippen molar-refractivity contribution in [3.63, 3.8) is 0 Å². The Labute approximate surface area is 78.1 Å². The molecule has 0 spiro atoms. The molecule has 0 aliphatic carbocycles. The number of hydrogen-bond donors (Lipinski definition) is 2. The average molecular weight is 189 g/mol. The molecule has 0 atom stereocenters. The average Bonchev–Trinajstić information content (AvgIpc) is 2.01. The minimum Gasteiger partial charge on any atom is -0.492 e. The molecule has 0 heterocycles. The second-order valence-corrected chi connectivity index (χ2v) is 2.21. The number of benzene rings is 1. The number of rotatable bonds is 3. The maximum Gasteiger partial charge on any atom is 0.121 e. The van der Waals surface area contributed by atoms with E-state index in [0.29, 0.717) is 18.8 Å². The molecule has 0 aliphatic heterocycles. The van der Waals surface area contributed by atoms with E-state index in [9.17, 15) is 0 Å². The topological polar surface area (TPSA) is 61.3 Å². The number of ether oxygens (including phenoxy) is 1. The molecule has 4 heteroatoms. The van der Waals surface area contributed by atoms with Gasteiger partial charge in [0.1, 0.15) is 12.4 Å². The van der Waals surface area contributed by atoms with Crippen LogP contribution >= 0.6 is 12.4 Å². The molecule has 0 radical (unpaired) electrons. The zero-order valence-corrected chi connectivity index (χ0v) is 7.51. The third-order valence-corrected chi connectivity index (χ3v) is 1.24. The Hall–Kier alpha value is -0.930. The predicted molar refractivity (Wildman–Crippen MR) is 52.7 cm³/mol. The third-order valence-electron chi connectivity index (χ3n) is 1.24. The molecule has 1 aromatic carbocycles. The van der Waals surface area contributed by atoms with Crippen LogP contribution in [0.1, 0.15) is 0 Å². The quantitative estimate of drug-likeness (QED) is 0.697. The zero-order valence-electron chi connectivity index (χ0n) is 6.69. The van der Waals surface area contributed by atoms with Gasteiger partial charge in [-0.05, 0) is 12.1 Å². The second kappa shape index (κ2) is 5.69. The lowest BCUT2D eigenvalue weighted by Gasteiger charge is -2.03. The minimum absolute atomic E-state index is 0. The predicted octanol–water partition coefficient (Wildman–Crippen LogP) is 1.03. The van der Waals surface area contributed by atoms with E-state index in [-0.39, 0.29) is 12.4 Å². The van der Waals surface area contributed by atoms with Crippen molar-refractivity contribution in [2.75, 3.05) is 18.9 Å². The van der Waals surface area contributed by atoms with Crippen molar-refractivity contribution in [1.82, 2.24) is 0 Å². The molecule has 0 aromatic heterocycles. The van der Waals surface area contributed by atoms with Gasteiger partial charge < -0.3 is 16.2 Å². The highest BCUT2D eigenvalue weighted by molar-refractivity contribution is 5.85. The molecule has 1 aromatic rings. The monoisotopic (exact) mass is 188 g/mol. The van der Waals surface area contributed by atoms with Gasteiger partial charge in [-0.15, -0.1) is 12.4 Å². The number of halogens is 1. The van der Waals surface area contributed by atoms with E-state index in [0.717, 1.165) is 5.75 Å². The van der Waals surface area contributed by atoms with Gasteiger partial charge in [-0.2, -0.15) is 0 Å². The fourth-order valence-corrected chi connectivity index (χ4v) is 0.781. The molecule has 1 rings (SSSR count). The summed E-state index contributed by atoms with van der Waals surface area (Å²) in [5.41, 5.74) is 11.5. The van der Waals surface area contributed by atoms with Crippen molar-refractivity contribution in [2.45, 2.75) is 0 Å². The van der Waals surface area contributed by atoms with Crippen LogP contribution in [0.5, 0.6) is 5.75 Å². The zero-order chi connectivity index (χ0) is 8.10. The van der Waals surface area contributed by atoms with Crippen LogP contribution in [0, 0.1) is 0 Å². The summed E-state index contributed by atoms with van der Waals surface area (Å²) in [6.07, 6.45) is 0. The van der Waals surface area contributed by atoms with Gasteiger partial charge in [-0.1, -0.05) is 6.07 Å².